The number of carboxylic acid groups (broad SMARTS) is 1. The van der Waals surface area contributed by atoms with Crippen LogP contribution in [0, 0.1) is 11.3 Å². The molecule has 6 heteroatoms. The minimum Gasteiger partial charge on any atom is -0.480 e. The lowest BCUT2D eigenvalue weighted by Gasteiger charge is -2.15. The third-order valence-corrected chi connectivity index (χ3v) is 3.55. The maximum absolute atomic E-state index is 12.2. The number of hydrogen-bond acceptors (Lipinski definition) is 3. The summed E-state index contributed by atoms with van der Waals surface area (Å²) in [5.41, 5.74) is 1.30. The van der Waals surface area contributed by atoms with Crippen molar-refractivity contribution in [1.82, 2.24) is 5.32 Å². The van der Waals surface area contributed by atoms with Crippen molar-refractivity contribution in [3.63, 3.8) is 0 Å². The predicted octanol–water partition coefficient (Wildman–Crippen LogP) is 2.64. The monoisotopic (exact) mass is 328 g/mol. The molecule has 116 valence electrons. The third-order valence-electron chi connectivity index (χ3n) is 3.22. The van der Waals surface area contributed by atoms with Gasteiger partial charge in [-0.2, -0.15) is 5.26 Å². The van der Waals surface area contributed by atoms with Crippen molar-refractivity contribution in [2.75, 3.05) is 0 Å². The van der Waals surface area contributed by atoms with E-state index in [-0.39, 0.29) is 17.0 Å². The molecule has 0 fully saturated rings. The fraction of sp³-hybridized carbons (Fsp3) is 0.118. The molecule has 5 nitrogen and oxygen atoms in total. The Labute approximate surface area is 138 Å². The van der Waals surface area contributed by atoms with Crippen LogP contribution in [0.4, 0.5) is 0 Å². The van der Waals surface area contributed by atoms with E-state index in [1.807, 2.05) is 6.07 Å². The number of nitriles is 1. The first-order valence-corrected chi connectivity index (χ1v) is 7.16. The van der Waals surface area contributed by atoms with Crippen LogP contribution in [0.2, 0.25) is 5.02 Å². The van der Waals surface area contributed by atoms with Crippen molar-refractivity contribution in [3.8, 4) is 6.07 Å². The van der Waals surface area contributed by atoms with Gasteiger partial charge in [0.05, 0.1) is 22.2 Å². The predicted molar refractivity (Wildman–Crippen MR) is 85.2 cm³/mol. The van der Waals surface area contributed by atoms with E-state index in [9.17, 15) is 14.7 Å². The highest BCUT2D eigenvalue weighted by Crippen LogP contribution is 2.15. The molecule has 0 unspecified atom stereocenters. The SMILES string of the molecule is N#Cc1cccc(C[C@@H](NC(=O)c2ccccc2Cl)C(=O)O)c1. The van der Waals surface area contributed by atoms with Crippen LogP contribution in [0.1, 0.15) is 21.5 Å². The van der Waals surface area contributed by atoms with Gasteiger partial charge in [-0.05, 0) is 29.8 Å². The molecule has 23 heavy (non-hydrogen) atoms. The molecule has 0 bridgehead atoms. The highest BCUT2D eigenvalue weighted by molar-refractivity contribution is 6.33. The summed E-state index contributed by atoms with van der Waals surface area (Å²) in [6.45, 7) is 0. The second-order valence-electron chi connectivity index (χ2n) is 4.86. The number of hydrogen-bond donors (Lipinski definition) is 2. The number of carbonyl (C=O) groups is 2. The Hall–Kier alpha value is -2.84. The second-order valence-corrected chi connectivity index (χ2v) is 5.27. The largest absolute Gasteiger partial charge is 0.480 e. The molecular formula is C17H13ClN2O3. The van der Waals surface area contributed by atoms with Gasteiger partial charge in [-0.25, -0.2) is 4.79 Å². The van der Waals surface area contributed by atoms with Gasteiger partial charge in [0.2, 0.25) is 0 Å². The molecule has 1 amide bonds. The van der Waals surface area contributed by atoms with Crippen molar-refractivity contribution >= 4 is 23.5 Å². The lowest BCUT2D eigenvalue weighted by Crippen LogP contribution is -2.42. The van der Waals surface area contributed by atoms with Crippen molar-refractivity contribution in [2.24, 2.45) is 0 Å². The highest BCUT2D eigenvalue weighted by atomic mass is 35.5. The molecule has 1 atom stereocenters. The molecule has 2 aromatic rings. The van der Waals surface area contributed by atoms with Crippen LogP contribution in [-0.2, 0) is 11.2 Å². The standard InChI is InChI=1S/C17H13ClN2O3/c18-14-7-2-1-6-13(14)16(21)20-15(17(22)23)9-11-4-3-5-12(8-11)10-19/h1-8,15H,9H2,(H,20,21)(H,22,23)/t15-/m1/s1. The Morgan fingerprint density at radius 3 is 2.61 bits per heavy atom. The van der Waals surface area contributed by atoms with E-state index in [1.165, 1.54) is 6.07 Å². The Kier molecular flexibility index (Phi) is 5.34. The van der Waals surface area contributed by atoms with Crippen LogP contribution < -0.4 is 5.32 Å². The summed E-state index contributed by atoms with van der Waals surface area (Å²) < 4.78 is 0. The fourth-order valence-electron chi connectivity index (χ4n) is 2.08. The highest BCUT2D eigenvalue weighted by Gasteiger charge is 2.22. The van der Waals surface area contributed by atoms with Gasteiger partial charge in [0.25, 0.3) is 5.91 Å². The van der Waals surface area contributed by atoms with E-state index < -0.39 is 17.9 Å². The fourth-order valence-corrected chi connectivity index (χ4v) is 2.31. The van der Waals surface area contributed by atoms with Gasteiger partial charge in [-0.15, -0.1) is 0 Å². The molecule has 0 spiro atoms. The quantitative estimate of drug-likeness (QED) is 0.882. The molecule has 2 rings (SSSR count). The zero-order valence-corrected chi connectivity index (χ0v) is 12.7. The first-order chi connectivity index (χ1) is 11.0. The van der Waals surface area contributed by atoms with Crippen molar-refractivity contribution in [2.45, 2.75) is 12.5 Å². The minimum absolute atomic E-state index is 0.0705. The summed E-state index contributed by atoms with van der Waals surface area (Å²) in [6.07, 6.45) is 0.0705. The van der Waals surface area contributed by atoms with Gasteiger partial charge in [-0.3, -0.25) is 4.79 Å². The van der Waals surface area contributed by atoms with Gasteiger partial charge >= 0.3 is 5.97 Å². The van der Waals surface area contributed by atoms with E-state index in [2.05, 4.69) is 5.32 Å². The molecule has 0 saturated carbocycles. The molecule has 2 aromatic carbocycles. The number of carboxylic acids is 1. The average Bonchev–Trinajstić information content (AvgIpc) is 2.54. The van der Waals surface area contributed by atoms with Crippen LogP contribution in [-0.4, -0.2) is 23.0 Å². The number of halogens is 1. The van der Waals surface area contributed by atoms with Crippen LogP contribution in [0.25, 0.3) is 0 Å². The zero-order valence-electron chi connectivity index (χ0n) is 12.0. The maximum Gasteiger partial charge on any atom is 0.326 e. The van der Waals surface area contributed by atoms with E-state index in [4.69, 9.17) is 16.9 Å². The first-order valence-electron chi connectivity index (χ1n) is 6.78. The topological polar surface area (TPSA) is 90.2 Å². The summed E-state index contributed by atoms with van der Waals surface area (Å²) in [5, 5.41) is 20.9. The molecule has 0 saturated heterocycles. The first kappa shape index (κ1) is 16.5. The number of nitrogens with zero attached hydrogens (tertiary/aromatic N) is 1. The molecule has 2 N–H and O–H groups in total. The average molecular weight is 329 g/mol. The number of aliphatic carboxylic acids is 1. The lowest BCUT2D eigenvalue weighted by molar-refractivity contribution is -0.139. The molecule has 0 aromatic heterocycles. The Morgan fingerprint density at radius 1 is 1.22 bits per heavy atom. The smallest absolute Gasteiger partial charge is 0.326 e. The zero-order chi connectivity index (χ0) is 16.8. The molecule has 0 heterocycles. The summed E-state index contributed by atoms with van der Waals surface area (Å²) in [7, 11) is 0. The molecule has 0 aliphatic carbocycles. The van der Waals surface area contributed by atoms with Gasteiger partial charge in [0.15, 0.2) is 0 Å². The molecule has 0 aliphatic rings. The van der Waals surface area contributed by atoms with Crippen LogP contribution in [0.15, 0.2) is 48.5 Å². The summed E-state index contributed by atoms with van der Waals surface area (Å²) in [5.74, 6) is -1.72. The second kappa shape index (κ2) is 7.43. The van der Waals surface area contributed by atoms with E-state index in [1.54, 1.807) is 42.5 Å². The van der Waals surface area contributed by atoms with Crippen molar-refractivity contribution < 1.29 is 14.7 Å². The minimum atomic E-state index is -1.16. The Balaban J connectivity index is 2.16. The van der Waals surface area contributed by atoms with E-state index in [0.29, 0.717) is 11.1 Å². The number of carbonyl (C=O) groups excluding carboxylic acids is 1. The van der Waals surface area contributed by atoms with Gasteiger partial charge in [0.1, 0.15) is 6.04 Å². The van der Waals surface area contributed by atoms with Gasteiger partial charge in [-0.1, -0.05) is 35.9 Å². The normalized spacial score (nSPS) is 11.3. The summed E-state index contributed by atoms with van der Waals surface area (Å²) >= 11 is 5.94. The van der Waals surface area contributed by atoms with E-state index >= 15 is 0 Å². The van der Waals surface area contributed by atoms with Crippen molar-refractivity contribution in [1.29, 1.82) is 5.26 Å². The molecular weight excluding hydrogens is 316 g/mol. The van der Waals surface area contributed by atoms with Crippen LogP contribution in [0.5, 0.6) is 0 Å². The van der Waals surface area contributed by atoms with Crippen molar-refractivity contribution in [3.05, 3.63) is 70.2 Å². The van der Waals surface area contributed by atoms with Crippen LogP contribution >= 0.6 is 11.6 Å². The van der Waals surface area contributed by atoms with Gasteiger partial charge < -0.3 is 10.4 Å². The maximum atomic E-state index is 12.2. The van der Waals surface area contributed by atoms with Crippen LogP contribution in [0.3, 0.4) is 0 Å². The lowest BCUT2D eigenvalue weighted by atomic mass is 10.0. The molecule has 0 aliphatic heterocycles. The number of benzene rings is 2. The number of rotatable bonds is 5. The summed E-state index contributed by atoms with van der Waals surface area (Å²) in [6, 6.07) is 13.9. The molecule has 0 radical (unpaired) electrons. The number of nitrogens with one attached hydrogen (secondary N) is 1. The number of amides is 1. The Bertz CT molecular complexity index is 783. The third kappa shape index (κ3) is 4.31. The Morgan fingerprint density at radius 2 is 1.96 bits per heavy atom. The van der Waals surface area contributed by atoms with Gasteiger partial charge in [0, 0.05) is 6.42 Å². The summed E-state index contributed by atoms with van der Waals surface area (Å²) in [4.78, 5) is 23.6. The van der Waals surface area contributed by atoms with E-state index in [0.717, 1.165) is 0 Å².